The van der Waals surface area contributed by atoms with E-state index in [0.29, 0.717) is 6.04 Å². The third-order valence-electron chi connectivity index (χ3n) is 1.66. The molecule has 0 aliphatic rings. The van der Waals surface area contributed by atoms with Gasteiger partial charge in [-0.1, -0.05) is 6.92 Å². The van der Waals surface area contributed by atoms with E-state index in [1.54, 1.807) is 0 Å². The van der Waals surface area contributed by atoms with Crippen LogP contribution in [0.25, 0.3) is 0 Å². The fourth-order valence-electron chi connectivity index (χ4n) is 0.679. The van der Waals surface area contributed by atoms with E-state index in [2.05, 4.69) is 38.2 Å². The molecule has 0 rings (SSSR count). The highest BCUT2D eigenvalue weighted by Crippen LogP contribution is 1.85. The molecule has 2 nitrogen and oxygen atoms in total. The number of nitrogens with zero attached hydrogens (tertiary/aromatic N) is 1. The first kappa shape index (κ1) is 9.92. The van der Waals surface area contributed by atoms with Crippen molar-refractivity contribution in [1.29, 1.82) is 0 Å². The van der Waals surface area contributed by atoms with E-state index < -0.39 is 0 Å². The molecule has 0 aliphatic heterocycles. The molecule has 0 heterocycles. The quantitative estimate of drug-likeness (QED) is 0.617. The van der Waals surface area contributed by atoms with E-state index in [1.807, 2.05) is 0 Å². The summed E-state index contributed by atoms with van der Waals surface area (Å²) in [6.45, 7) is 6.65. The summed E-state index contributed by atoms with van der Waals surface area (Å²) in [5, 5.41) is 3.42. The van der Waals surface area contributed by atoms with Crippen molar-refractivity contribution in [3.8, 4) is 0 Å². The van der Waals surface area contributed by atoms with E-state index >= 15 is 0 Å². The van der Waals surface area contributed by atoms with Crippen LogP contribution in [-0.2, 0) is 0 Å². The molecule has 0 spiro atoms. The minimum Gasteiger partial charge on any atom is -0.313 e. The second-order valence-electron chi connectivity index (χ2n) is 3.07. The summed E-state index contributed by atoms with van der Waals surface area (Å²) in [4.78, 5) is 2.19. The predicted octanol–water partition coefficient (Wildman–Crippen LogP) is 0.936. The van der Waals surface area contributed by atoms with Crippen molar-refractivity contribution in [2.75, 3.05) is 27.2 Å². The van der Waals surface area contributed by atoms with Gasteiger partial charge >= 0.3 is 0 Å². The molecule has 0 saturated carbocycles. The van der Waals surface area contributed by atoms with Gasteiger partial charge in [-0.3, -0.25) is 0 Å². The van der Waals surface area contributed by atoms with Gasteiger partial charge in [0.05, 0.1) is 0 Å². The van der Waals surface area contributed by atoms with E-state index in [1.165, 1.54) is 6.42 Å². The zero-order valence-electron chi connectivity index (χ0n) is 7.65. The summed E-state index contributed by atoms with van der Waals surface area (Å²) >= 11 is 0. The van der Waals surface area contributed by atoms with Crippen molar-refractivity contribution in [3.05, 3.63) is 0 Å². The highest BCUT2D eigenvalue weighted by molar-refractivity contribution is 4.58. The zero-order valence-corrected chi connectivity index (χ0v) is 7.65. The molecule has 0 fully saturated rings. The van der Waals surface area contributed by atoms with Gasteiger partial charge in [-0.2, -0.15) is 0 Å². The molecule has 0 aromatic carbocycles. The highest BCUT2D eigenvalue weighted by Gasteiger charge is 1.95. The molecule has 0 amide bonds. The van der Waals surface area contributed by atoms with Crippen LogP contribution < -0.4 is 5.32 Å². The maximum absolute atomic E-state index is 3.42. The molecule has 0 bridgehead atoms. The minimum absolute atomic E-state index is 0.667. The van der Waals surface area contributed by atoms with Crippen molar-refractivity contribution >= 4 is 0 Å². The second kappa shape index (κ2) is 5.69. The molecule has 1 atom stereocenters. The van der Waals surface area contributed by atoms with Crippen LogP contribution >= 0.6 is 0 Å². The van der Waals surface area contributed by atoms with Crippen molar-refractivity contribution in [2.24, 2.45) is 0 Å². The molecule has 10 heavy (non-hydrogen) atoms. The first-order valence-corrected chi connectivity index (χ1v) is 4.05. The van der Waals surface area contributed by atoms with E-state index in [9.17, 15) is 0 Å². The molecule has 0 aromatic rings. The SMILES string of the molecule is CC[C@H](C)NCCN(C)C. The monoisotopic (exact) mass is 144 g/mol. The third kappa shape index (κ3) is 6.05. The first-order valence-electron chi connectivity index (χ1n) is 4.05. The molecule has 0 saturated heterocycles. The molecule has 0 aromatic heterocycles. The van der Waals surface area contributed by atoms with Crippen LogP contribution in [0.2, 0.25) is 0 Å². The first-order chi connectivity index (χ1) is 4.66. The Morgan fingerprint density at radius 1 is 1.40 bits per heavy atom. The van der Waals surface area contributed by atoms with Crippen LogP contribution in [0.4, 0.5) is 0 Å². The lowest BCUT2D eigenvalue weighted by atomic mass is 10.2. The van der Waals surface area contributed by atoms with Crippen molar-refractivity contribution in [1.82, 2.24) is 10.2 Å². The molecule has 62 valence electrons. The molecule has 0 unspecified atom stereocenters. The van der Waals surface area contributed by atoms with Crippen LogP contribution in [0.1, 0.15) is 20.3 Å². The van der Waals surface area contributed by atoms with Gasteiger partial charge in [-0.15, -0.1) is 0 Å². The largest absolute Gasteiger partial charge is 0.313 e. The Labute approximate surface area is 64.6 Å². The maximum Gasteiger partial charge on any atom is 0.0101 e. The van der Waals surface area contributed by atoms with Crippen LogP contribution in [0.5, 0.6) is 0 Å². The molecule has 0 radical (unpaired) electrons. The molecule has 2 heteroatoms. The van der Waals surface area contributed by atoms with Gasteiger partial charge in [0.15, 0.2) is 0 Å². The third-order valence-corrected chi connectivity index (χ3v) is 1.66. The van der Waals surface area contributed by atoms with Gasteiger partial charge in [0.25, 0.3) is 0 Å². The number of nitrogens with one attached hydrogen (secondary N) is 1. The standard InChI is InChI=1S/C8H20N2/c1-5-8(2)9-6-7-10(3)4/h8-9H,5-7H2,1-4H3/t8-/m0/s1. The van der Waals surface area contributed by atoms with E-state index in [0.717, 1.165) is 13.1 Å². The lowest BCUT2D eigenvalue weighted by Crippen LogP contribution is -2.32. The van der Waals surface area contributed by atoms with Crippen molar-refractivity contribution in [2.45, 2.75) is 26.3 Å². The zero-order chi connectivity index (χ0) is 7.98. The average Bonchev–Trinajstić information content (AvgIpc) is 1.87. The Hall–Kier alpha value is -0.0800. The molecule has 1 N–H and O–H groups in total. The van der Waals surface area contributed by atoms with Crippen LogP contribution in [0.3, 0.4) is 0 Å². The Kier molecular flexibility index (Phi) is 5.64. The number of likely N-dealkylation sites (N-methyl/N-ethyl adjacent to an activating group) is 1. The summed E-state index contributed by atoms with van der Waals surface area (Å²) in [5.74, 6) is 0. The molecular formula is C8H20N2. The van der Waals surface area contributed by atoms with Gasteiger partial charge in [0.1, 0.15) is 0 Å². The Balaban J connectivity index is 3.03. The Morgan fingerprint density at radius 2 is 2.00 bits per heavy atom. The predicted molar refractivity (Wildman–Crippen MR) is 46.3 cm³/mol. The number of hydrogen-bond acceptors (Lipinski definition) is 2. The van der Waals surface area contributed by atoms with Crippen LogP contribution in [-0.4, -0.2) is 38.1 Å². The second-order valence-corrected chi connectivity index (χ2v) is 3.07. The number of rotatable bonds is 5. The highest BCUT2D eigenvalue weighted by atomic mass is 15.1. The van der Waals surface area contributed by atoms with Crippen LogP contribution in [0.15, 0.2) is 0 Å². The fraction of sp³-hybridized carbons (Fsp3) is 1.00. The Morgan fingerprint density at radius 3 is 2.40 bits per heavy atom. The summed E-state index contributed by atoms with van der Waals surface area (Å²) < 4.78 is 0. The molecule has 0 aliphatic carbocycles. The van der Waals surface area contributed by atoms with Crippen LogP contribution in [0, 0.1) is 0 Å². The average molecular weight is 144 g/mol. The fourth-order valence-corrected chi connectivity index (χ4v) is 0.679. The lowest BCUT2D eigenvalue weighted by Gasteiger charge is -2.13. The van der Waals surface area contributed by atoms with Gasteiger partial charge in [0.2, 0.25) is 0 Å². The van der Waals surface area contributed by atoms with Crippen molar-refractivity contribution in [3.63, 3.8) is 0 Å². The molecular weight excluding hydrogens is 124 g/mol. The van der Waals surface area contributed by atoms with Gasteiger partial charge in [-0.05, 0) is 27.4 Å². The van der Waals surface area contributed by atoms with E-state index in [-0.39, 0.29) is 0 Å². The number of hydrogen-bond donors (Lipinski definition) is 1. The van der Waals surface area contributed by atoms with Crippen molar-refractivity contribution < 1.29 is 0 Å². The van der Waals surface area contributed by atoms with E-state index in [4.69, 9.17) is 0 Å². The maximum atomic E-state index is 3.42. The smallest absolute Gasteiger partial charge is 0.0101 e. The topological polar surface area (TPSA) is 15.3 Å². The summed E-state index contributed by atoms with van der Waals surface area (Å²) in [7, 11) is 4.19. The summed E-state index contributed by atoms with van der Waals surface area (Å²) in [5.41, 5.74) is 0. The van der Waals surface area contributed by atoms with Gasteiger partial charge < -0.3 is 10.2 Å². The minimum atomic E-state index is 0.667. The summed E-state index contributed by atoms with van der Waals surface area (Å²) in [6.07, 6.45) is 1.22. The van der Waals surface area contributed by atoms with Gasteiger partial charge in [0, 0.05) is 19.1 Å². The Bertz CT molecular complexity index is 71.7. The normalized spacial score (nSPS) is 14.1. The van der Waals surface area contributed by atoms with Gasteiger partial charge in [-0.25, -0.2) is 0 Å². The lowest BCUT2D eigenvalue weighted by molar-refractivity contribution is 0.385. The summed E-state index contributed by atoms with van der Waals surface area (Å²) in [6, 6.07) is 0.667.